The summed E-state index contributed by atoms with van der Waals surface area (Å²) in [5.41, 5.74) is -0.168. The average molecular weight is 417 g/mol. The van der Waals surface area contributed by atoms with Crippen LogP contribution in [-0.4, -0.2) is 41.6 Å². The summed E-state index contributed by atoms with van der Waals surface area (Å²) in [7, 11) is 1.42. The molecule has 1 aliphatic heterocycles. The van der Waals surface area contributed by atoms with Crippen molar-refractivity contribution in [2.75, 3.05) is 7.11 Å². The minimum Gasteiger partial charge on any atom is -0.469 e. The van der Waals surface area contributed by atoms with E-state index in [1.165, 1.54) is 7.11 Å². The van der Waals surface area contributed by atoms with Crippen molar-refractivity contribution in [3.05, 3.63) is 11.6 Å². The molecular formula is C24H32O6. The van der Waals surface area contributed by atoms with Crippen molar-refractivity contribution in [2.24, 2.45) is 34.5 Å². The lowest BCUT2D eigenvalue weighted by molar-refractivity contribution is -0.197. The molecule has 0 aromatic rings. The number of aliphatic hydroxyl groups is 1. The monoisotopic (exact) mass is 416 g/mol. The Balaban J connectivity index is 1.62. The molecule has 0 amide bonds. The van der Waals surface area contributed by atoms with E-state index in [0.29, 0.717) is 38.5 Å². The number of esters is 2. The highest BCUT2D eigenvalue weighted by Gasteiger charge is 2.71. The predicted octanol–water partition coefficient (Wildman–Crippen LogP) is 2.96. The molecule has 0 aromatic heterocycles. The van der Waals surface area contributed by atoms with Crippen LogP contribution < -0.4 is 0 Å². The molecule has 4 aliphatic carbocycles. The van der Waals surface area contributed by atoms with Crippen LogP contribution in [-0.2, 0) is 23.9 Å². The van der Waals surface area contributed by atoms with Gasteiger partial charge in [-0.2, -0.15) is 0 Å². The standard InChI is InChI=1S/C24H32O6/c1-22-7-4-14(25)10-13(22)11-15(21(28)29-3)19-16-5-8-24(9-6-18(27)30-24)23(16,2)12-17(26)20(19)22/h10,15-17,19-20,26H,4-9,11-12H2,1-3H3/t15-,16-,17-,19-,20+,22-,23-,24-/m1/s1. The fourth-order valence-electron chi connectivity index (χ4n) is 8.35. The minimum absolute atomic E-state index is 0.0415. The summed E-state index contributed by atoms with van der Waals surface area (Å²) < 4.78 is 11.2. The maximum atomic E-state index is 12.9. The molecule has 164 valence electrons. The highest BCUT2D eigenvalue weighted by atomic mass is 16.6. The molecule has 1 N–H and O–H groups in total. The van der Waals surface area contributed by atoms with E-state index >= 15 is 0 Å². The van der Waals surface area contributed by atoms with Crippen LogP contribution in [0.5, 0.6) is 0 Å². The summed E-state index contributed by atoms with van der Waals surface area (Å²) in [6.07, 6.45) is 6.21. The summed E-state index contributed by atoms with van der Waals surface area (Å²) in [5, 5.41) is 11.6. The second-order valence-corrected chi connectivity index (χ2v) is 10.8. The number of hydrogen-bond donors (Lipinski definition) is 1. The topological polar surface area (TPSA) is 89.9 Å². The molecule has 4 fully saturated rings. The molecule has 0 aromatic carbocycles. The van der Waals surface area contributed by atoms with Gasteiger partial charge < -0.3 is 14.6 Å². The zero-order valence-electron chi connectivity index (χ0n) is 18.1. The molecule has 6 nitrogen and oxygen atoms in total. The summed E-state index contributed by atoms with van der Waals surface area (Å²) in [6.45, 7) is 4.33. The third kappa shape index (κ3) is 2.43. The van der Waals surface area contributed by atoms with E-state index in [2.05, 4.69) is 13.8 Å². The number of allylic oxidation sites excluding steroid dienone is 1. The maximum absolute atomic E-state index is 12.9. The van der Waals surface area contributed by atoms with E-state index in [0.717, 1.165) is 18.4 Å². The lowest BCUT2D eigenvalue weighted by Crippen LogP contribution is -2.62. The van der Waals surface area contributed by atoms with E-state index < -0.39 is 11.7 Å². The van der Waals surface area contributed by atoms with E-state index in [1.54, 1.807) is 6.08 Å². The van der Waals surface area contributed by atoms with E-state index in [1.807, 2.05) is 0 Å². The number of methoxy groups -OCH3 is 1. The molecule has 1 saturated heterocycles. The normalized spacial score (nSPS) is 49.7. The van der Waals surface area contributed by atoms with Crippen molar-refractivity contribution in [2.45, 2.75) is 76.9 Å². The number of carbonyl (C=O) groups is 3. The predicted molar refractivity (Wildman–Crippen MR) is 107 cm³/mol. The maximum Gasteiger partial charge on any atom is 0.309 e. The number of carbonyl (C=O) groups excluding carboxylic acids is 3. The van der Waals surface area contributed by atoms with Gasteiger partial charge in [-0.25, -0.2) is 0 Å². The summed E-state index contributed by atoms with van der Waals surface area (Å²) in [6, 6.07) is 0. The SMILES string of the molecule is COC(=O)[C@@H]1CC2=CC(=O)CC[C@@]2(C)[C@@H]2[C@H]1[C@H]1CC[C@@]3(CCC(=O)O3)[C@]1(C)C[C@H]2O. The van der Waals surface area contributed by atoms with Gasteiger partial charge in [0.2, 0.25) is 0 Å². The van der Waals surface area contributed by atoms with Gasteiger partial charge in [-0.15, -0.1) is 0 Å². The molecule has 1 heterocycles. The lowest BCUT2D eigenvalue weighted by Gasteiger charge is -2.62. The Morgan fingerprint density at radius 3 is 2.63 bits per heavy atom. The summed E-state index contributed by atoms with van der Waals surface area (Å²) in [5.74, 6) is -0.636. The first-order valence-electron chi connectivity index (χ1n) is 11.4. The largest absolute Gasteiger partial charge is 0.469 e. The van der Waals surface area contributed by atoms with Crippen LogP contribution in [0.2, 0.25) is 0 Å². The van der Waals surface area contributed by atoms with E-state index in [4.69, 9.17) is 9.47 Å². The first-order chi connectivity index (χ1) is 14.1. The third-order valence-electron chi connectivity index (χ3n) is 9.79. The number of hydrogen-bond acceptors (Lipinski definition) is 6. The molecule has 8 atom stereocenters. The first-order valence-corrected chi connectivity index (χ1v) is 11.4. The molecular weight excluding hydrogens is 384 g/mol. The Morgan fingerprint density at radius 1 is 1.20 bits per heavy atom. The second kappa shape index (κ2) is 6.41. The van der Waals surface area contributed by atoms with Gasteiger partial charge in [0.25, 0.3) is 0 Å². The number of ketones is 1. The Bertz CT molecular complexity index is 847. The fourth-order valence-corrected chi connectivity index (χ4v) is 8.35. The van der Waals surface area contributed by atoms with Crippen molar-refractivity contribution in [3.8, 4) is 0 Å². The van der Waals surface area contributed by atoms with Gasteiger partial charge in [-0.1, -0.05) is 19.4 Å². The van der Waals surface area contributed by atoms with Crippen molar-refractivity contribution in [1.82, 2.24) is 0 Å². The van der Waals surface area contributed by atoms with Crippen molar-refractivity contribution >= 4 is 17.7 Å². The van der Waals surface area contributed by atoms with Crippen molar-refractivity contribution in [1.29, 1.82) is 0 Å². The van der Waals surface area contributed by atoms with Gasteiger partial charge >= 0.3 is 11.9 Å². The minimum atomic E-state index is -0.611. The van der Waals surface area contributed by atoms with Crippen LogP contribution >= 0.6 is 0 Å². The van der Waals surface area contributed by atoms with Gasteiger partial charge in [-0.05, 0) is 67.8 Å². The smallest absolute Gasteiger partial charge is 0.309 e. The van der Waals surface area contributed by atoms with Gasteiger partial charge in [0, 0.05) is 18.3 Å². The van der Waals surface area contributed by atoms with Crippen LogP contribution in [0.25, 0.3) is 0 Å². The third-order valence-corrected chi connectivity index (χ3v) is 9.79. The van der Waals surface area contributed by atoms with Gasteiger partial charge in [-0.3, -0.25) is 14.4 Å². The quantitative estimate of drug-likeness (QED) is 0.661. The highest BCUT2D eigenvalue weighted by molar-refractivity contribution is 5.92. The highest BCUT2D eigenvalue weighted by Crippen LogP contribution is 2.70. The molecule has 5 rings (SSSR count). The van der Waals surface area contributed by atoms with E-state index in [-0.39, 0.29) is 52.2 Å². The molecule has 0 radical (unpaired) electrons. The van der Waals surface area contributed by atoms with Crippen LogP contribution in [0, 0.1) is 34.5 Å². The molecule has 5 aliphatic rings. The molecule has 6 heteroatoms. The number of ether oxygens (including phenoxy) is 2. The van der Waals surface area contributed by atoms with Gasteiger partial charge in [0.05, 0.1) is 19.1 Å². The van der Waals surface area contributed by atoms with Crippen molar-refractivity contribution in [3.63, 3.8) is 0 Å². The average Bonchev–Trinajstić information content (AvgIpc) is 3.21. The Hall–Kier alpha value is -1.69. The fraction of sp³-hybridized carbons (Fsp3) is 0.792. The number of fused-ring (bicyclic) bond motifs is 6. The summed E-state index contributed by atoms with van der Waals surface area (Å²) >= 11 is 0. The number of rotatable bonds is 1. The molecule has 3 saturated carbocycles. The lowest BCUT2D eigenvalue weighted by atomic mass is 9.43. The molecule has 1 spiro atoms. The second-order valence-electron chi connectivity index (χ2n) is 10.8. The van der Waals surface area contributed by atoms with Gasteiger partial charge in [0.15, 0.2) is 5.78 Å². The Kier molecular flexibility index (Phi) is 4.32. The summed E-state index contributed by atoms with van der Waals surface area (Å²) in [4.78, 5) is 37.2. The van der Waals surface area contributed by atoms with E-state index in [9.17, 15) is 19.5 Å². The molecule has 30 heavy (non-hydrogen) atoms. The number of aliphatic hydroxyl groups excluding tert-OH is 1. The van der Waals surface area contributed by atoms with Crippen molar-refractivity contribution < 1.29 is 29.0 Å². The van der Waals surface area contributed by atoms with Crippen LogP contribution in [0.15, 0.2) is 11.6 Å². The van der Waals surface area contributed by atoms with Gasteiger partial charge in [0.1, 0.15) is 5.60 Å². The Labute approximate surface area is 177 Å². The van der Waals surface area contributed by atoms with Crippen LogP contribution in [0.3, 0.4) is 0 Å². The van der Waals surface area contributed by atoms with Crippen LogP contribution in [0.4, 0.5) is 0 Å². The zero-order valence-corrected chi connectivity index (χ0v) is 18.1. The molecule has 0 unspecified atom stereocenters. The molecule has 0 bridgehead atoms. The first kappa shape index (κ1) is 20.2. The Morgan fingerprint density at radius 2 is 1.97 bits per heavy atom. The van der Waals surface area contributed by atoms with Crippen LogP contribution in [0.1, 0.15) is 65.2 Å². The zero-order chi connectivity index (χ0) is 21.5.